The number of nitriles is 1. The van der Waals surface area contributed by atoms with Crippen molar-refractivity contribution in [3.8, 4) is 17.3 Å². The molecule has 8 heteroatoms. The highest BCUT2D eigenvalue weighted by Crippen LogP contribution is 2.34. The van der Waals surface area contributed by atoms with Crippen LogP contribution < -0.4 is 5.32 Å². The van der Waals surface area contributed by atoms with E-state index >= 15 is 0 Å². The van der Waals surface area contributed by atoms with E-state index < -0.39 is 0 Å². The minimum Gasteiger partial charge on any atom is -0.317 e. The third kappa shape index (κ3) is 3.24. The predicted octanol–water partition coefficient (Wildman–Crippen LogP) is 4.01. The van der Waals surface area contributed by atoms with E-state index in [2.05, 4.69) is 27.5 Å². The summed E-state index contributed by atoms with van der Waals surface area (Å²) in [5, 5.41) is 19.5. The van der Waals surface area contributed by atoms with Crippen LogP contribution in [0.25, 0.3) is 32.4 Å². The first-order valence-corrected chi connectivity index (χ1v) is 9.88. The molecule has 0 spiro atoms. The molecule has 1 aliphatic heterocycles. The third-order valence-electron chi connectivity index (χ3n) is 5.12. The van der Waals surface area contributed by atoms with Crippen LogP contribution in [0.4, 0.5) is 0 Å². The summed E-state index contributed by atoms with van der Waals surface area (Å²) in [5.74, 6) is 0.545. The van der Waals surface area contributed by atoms with Crippen LogP contribution in [0, 0.1) is 11.3 Å². The maximum Gasteiger partial charge on any atom is 0.110 e. The number of nitrogens with zero attached hydrogens (tertiary/aromatic N) is 5. The average molecular weight is 411 g/mol. The van der Waals surface area contributed by atoms with Crippen molar-refractivity contribution in [2.24, 2.45) is 7.05 Å². The molecule has 1 N–H and O–H groups in total. The number of hydrogen-bond donors (Lipinski definition) is 1. The molecule has 0 aliphatic carbocycles. The van der Waals surface area contributed by atoms with E-state index in [4.69, 9.17) is 4.98 Å². The van der Waals surface area contributed by atoms with Crippen LogP contribution in [-0.4, -0.2) is 32.8 Å². The van der Waals surface area contributed by atoms with Gasteiger partial charge in [-0.25, -0.2) is 4.98 Å². The molecule has 1 saturated heterocycles. The zero-order valence-corrected chi connectivity index (χ0v) is 17.0. The lowest BCUT2D eigenvalue weighted by atomic mass is 9.99. The maximum absolute atomic E-state index is 9.50. The molecule has 0 atom stereocenters. The van der Waals surface area contributed by atoms with Crippen LogP contribution in [0.3, 0.4) is 0 Å². The number of fused-ring (bicyclic) bond motifs is 2. The van der Waals surface area contributed by atoms with Crippen LogP contribution in [0.5, 0.6) is 0 Å². The lowest BCUT2D eigenvalue weighted by Crippen LogP contribution is -2.26. The molecule has 0 bridgehead atoms. The molecular weight excluding hydrogens is 392 g/mol. The van der Waals surface area contributed by atoms with Crippen molar-refractivity contribution < 1.29 is 0 Å². The Hall–Kier alpha value is -2.53. The van der Waals surface area contributed by atoms with Crippen molar-refractivity contribution in [3.63, 3.8) is 0 Å². The van der Waals surface area contributed by atoms with Crippen molar-refractivity contribution in [1.29, 1.82) is 5.26 Å². The number of benzene rings is 1. The molecule has 0 saturated carbocycles. The SMILES string of the molecule is Cl.Cn1cc2cc(-c3cc4sc(C5CCNCC5)nc4cn3)cc(C#N)c2n1. The standard InChI is InChI=1S/C20H18N6S.ClH/c1-26-11-15-7-13(6-14(9-21)19(15)25-26)16-8-18-17(10-23-16)24-20(27-18)12-2-4-22-5-3-12;/h6-8,10-12,22H,2-5H2,1H3;1H. The van der Waals surface area contributed by atoms with Crippen molar-refractivity contribution in [1.82, 2.24) is 25.1 Å². The second-order valence-electron chi connectivity index (χ2n) is 6.99. The van der Waals surface area contributed by atoms with Gasteiger partial charge in [-0.15, -0.1) is 23.7 Å². The smallest absolute Gasteiger partial charge is 0.110 e. The Morgan fingerprint density at radius 1 is 1.25 bits per heavy atom. The quantitative estimate of drug-likeness (QED) is 0.540. The zero-order valence-electron chi connectivity index (χ0n) is 15.3. The van der Waals surface area contributed by atoms with Gasteiger partial charge in [-0.05, 0) is 44.1 Å². The molecule has 6 nitrogen and oxygen atoms in total. The molecule has 0 radical (unpaired) electrons. The fourth-order valence-corrected chi connectivity index (χ4v) is 4.88. The van der Waals surface area contributed by atoms with Crippen molar-refractivity contribution in [2.75, 3.05) is 13.1 Å². The topological polar surface area (TPSA) is 79.4 Å². The number of aryl methyl sites for hydroxylation is 1. The lowest BCUT2D eigenvalue weighted by molar-refractivity contribution is 0.459. The van der Waals surface area contributed by atoms with E-state index in [1.54, 1.807) is 16.0 Å². The van der Waals surface area contributed by atoms with Crippen LogP contribution in [0.15, 0.2) is 30.6 Å². The molecule has 5 rings (SSSR count). The molecule has 1 fully saturated rings. The highest BCUT2D eigenvalue weighted by atomic mass is 35.5. The highest BCUT2D eigenvalue weighted by Gasteiger charge is 2.19. The Labute approximate surface area is 172 Å². The summed E-state index contributed by atoms with van der Waals surface area (Å²) < 4.78 is 2.89. The minimum atomic E-state index is 0. The second-order valence-corrected chi connectivity index (χ2v) is 8.05. The molecule has 1 aromatic carbocycles. The maximum atomic E-state index is 9.50. The Balaban J connectivity index is 0.00000192. The first-order chi connectivity index (χ1) is 13.2. The summed E-state index contributed by atoms with van der Waals surface area (Å²) >= 11 is 1.77. The molecule has 4 heterocycles. The van der Waals surface area contributed by atoms with Crippen molar-refractivity contribution >= 4 is 44.9 Å². The number of nitrogens with one attached hydrogen (secondary N) is 1. The number of halogens is 1. The van der Waals surface area contributed by atoms with Gasteiger partial charge in [0.05, 0.1) is 32.7 Å². The monoisotopic (exact) mass is 410 g/mol. The normalized spacial score (nSPS) is 14.9. The molecule has 1 aliphatic rings. The van der Waals surface area contributed by atoms with Crippen molar-refractivity contribution in [3.05, 3.63) is 41.2 Å². The summed E-state index contributed by atoms with van der Waals surface area (Å²) in [4.78, 5) is 9.44. The Morgan fingerprint density at radius 3 is 2.86 bits per heavy atom. The highest BCUT2D eigenvalue weighted by molar-refractivity contribution is 7.18. The van der Waals surface area contributed by atoms with Crippen LogP contribution in [-0.2, 0) is 7.05 Å². The molecule has 4 aromatic rings. The van der Waals surface area contributed by atoms with Gasteiger partial charge in [0.15, 0.2) is 0 Å². The second kappa shape index (κ2) is 7.47. The van der Waals surface area contributed by atoms with Gasteiger partial charge in [0, 0.05) is 30.1 Å². The number of aromatic nitrogens is 4. The van der Waals surface area contributed by atoms with Crippen molar-refractivity contribution in [2.45, 2.75) is 18.8 Å². The summed E-state index contributed by atoms with van der Waals surface area (Å²) in [5.41, 5.74) is 4.07. The number of thiazole rings is 1. The Kier molecular flexibility index (Phi) is 5.02. The molecular formula is C20H19ClN6S. The third-order valence-corrected chi connectivity index (χ3v) is 6.30. The molecule has 28 heavy (non-hydrogen) atoms. The molecule has 0 amide bonds. The molecule has 3 aromatic heterocycles. The average Bonchev–Trinajstić information content (AvgIpc) is 3.29. The van der Waals surface area contributed by atoms with Crippen LogP contribution in [0.1, 0.15) is 29.3 Å². The zero-order chi connectivity index (χ0) is 18.4. The molecule has 142 valence electrons. The predicted molar refractivity (Wildman–Crippen MR) is 114 cm³/mol. The summed E-state index contributed by atoms with van der Waals surface area (Å²) in [7, 11) is 1.87. The Bertz CT molecular complexity index is 1200. The number of pyridine rings is 1. The fourth-order valence-electron chi connectivity index (χ4n) is 3.74. The summed E-state index contributed by atoms with van der Waals surface area (Å²) in [6, 6.07) is 8.27. The minimum absolute atomic E-state index is 0. The van der Waals surface area contributed by atoms with Gasteiger partial charge in [0.2, 0.25) is 0 Å². The number of piperidine rings is 1. The van der Waals surface area contributed by atoms with E-state index in [0.717, 1.165) is 58.3 Å². The largest absolute Gasteiger partial charge is 0.317 e. The Morgan fingerprint density at radius 2 is 2.07 bits per heavy atom. The van der Waals surface area contributed by atoms with E-state index in [-0.39, 0.29) is 12.4 Å². The van der Waals surface area contributed by atoms with Crippen LogP contribution >= 0.6 is 23.7 Å². The van der Waals surface area contributed by atoms with Gasteiger partial charge in [0.1, 0.15) is 11.6 Å². The van der Waals surface area contributed by atoms with E-state index in [0.29, 0.717) is 11.5 Å². The molecule has 0 unspecified atom stereocenters. The first-order valence-electron chi connectivity index (χ1n) is 9.06. The summed E-state index contributed by atoms with van der Waals surface area (Å²) in [6.07, 6.45) is 6.07. The van der Waals surface area contributed by atoms with Gasteiger partial charge in [-0.2, -0.15) is 10.4 Å². The summed E-state index contributed by atoms with van der Waals surface area (Å²) in [6.45, 7) is 2.12. The van der Waals surface area contributed by atoms with E-state index in [1.807, 2.05) is 31.6 Å². The fraction of sp³-hybridized carbons (Fsp3) is 0.300. The van der Waals surface area contributed by atoms with Gasteiger partial charge in [-0.1, -0.05) is 0 Å². The lowest BCUT2D eigenvalue weighted by Gasteiger charge is -2.20. The van der Waals surface area contributed by atoms with Crippen LogP contribution in [0.2, 0.25) is 0 Å². The van der Waals surface area contributed by atoms with Gasteiger partial charge < -0.3 is 5.32 Å². The van der Waals surface area contributed by atoms with Gasteiger partial charge >= 0.3 is 0 Å². The van der Waals surface area contributed by atoms with Gasteiger partial charge in [-0.3, -0.25) is 9.67 Å². The van der Waals surface area contributed by atoms with Gasteiger partial charge in [0.25, 0.3) is 0 Å². The number of hydrogen-bond acceptors (Lipinski definition) is 6. The first kappa shape index (κ1) is 18.8. The van der Waals surface area contributed by atoms with E-state index in [1.165, 1.54) is 5.01 Å². The van der Waals surface area contributed by atoms with E-state index in [9.17, 15) is 5.26 Å². The number of rotatable bonds is 2.